The molecule has 0 radical (unpaired) electrons. The Bertz CT molecular complexity index is 406. The lowest BCUT2D eigenvalue weighted by molar-refractivity contribution is -0.115. The smallest absolute Gasteiger partial charge is 0.176 e. The summed E-state index contributed by atoms with van der Waals surface area (Å²) in [5.41, 5.74) is 0.765. The highest BCUT2D eigenvalue weighted by Gasteiger charge is 2.35. The largest absolute Gasteiger partial charge is 0.293 e. The van der Waals surface area contributed by atoms with Gasteiger partial charge in [0.2, 0.25) is 0 Å². The molecule has 0 spiro atoms. The lowest BCUT2D eigenvalue weighted by Gasteiger charge is -2.23. The molecule has 0 aromatic carbocycles. The zero-order valence-corrected chi connectivity index (χ0v) is 10.3. The van der Waals surface area contributed by atoms with Crippen molar-refractivity contribution in [2.45, 2.75) is 50.2 Å². The van der Waals surface area contributed by atoms with Crippen LogP contribution in [0.2, 0.25) is 0 Å². The minimum Gasteiger partial charge on any atom is -0.293 e. The minimum absolute atomic E-state index is 0.112. The lowest BCUT2D eigenvalue weighted by atomic mass is 9.93. The van der Waals surface area contributed by atoms with E-state index >= 15 is 0 Å². The molecule has 0 aromatic rings. The third-order valence-electron chi connectivity index (χ3n) is 3.48. The number of hydrogen-bond acceptors (Lipinski definition) is 3. The summed E-state index contributed by atoms with van der Waals surface area (Å²) in [6.45, 7) is 0. The monoisotopic (exact) mass is 242 g/mol. The van der Waals surface area contributed by atoms with Crippen LogP contribution < -0.4 is 0 Å². The second-order valence-electron chi connectivity index (χ2n) is 4.69. The van der Waals surface area contributed by atoms with Gasteiger partial charge in [-0.05, 0) is 44.1 Å². The Morgan fingerprint density at radius 2 is 2.00 bits per heavy atom. The van der Waals surface area contributed by atoms with Crippen molar-refractivity contribution < 1.29 is 13.2 Å². The number of carbonyl (C=O) groups excluding carboxylic acids is 1. The first kappa shape index (κ1) is 11.8. The van der Waals surface area contributed by atoms with Gasteiger partial charge in [0, 0.05) is 0 Å². The molecule has 0 N–H and O–H groups in total. The quantitative estimate of drug-likeness (QED) is 0.744. The normalized spacial score (nSPS) is 29.5. The summed E-state index contributed by atoms with van der Waals surface area (Å²) in [7, 11) is -3.16. The molecule has 3 nitrogen and oxygen atoms in total. The van der Waals surface area contributed by atoms with Crippen LogP contribution >= 0.6 is 0 Å². The summed E-state index contributed by atoms with van der Waals surface area (Å²) in [6.07, 6.45) is 7.87. The number of rotatable bonds is 2. The molecule has 1 saturated heterocycles. The SMILES string of the molecule is O=C(C1=CCCCC1)C1CCCCS1(=O)=O. The number of ketones is 1. The Balaban J connectivity index is 2.17. The second kappa shape index (κ2) is 4.70. The van der Waals surface area contributed by atoms with E-state index in [1.165, 1.54) is 0 Å². The molecule has 0 saturated carbocycles. The van der Waals surface area contributed by atoms with Gasteiger partial charge in [-0.25, -0.2) is 8.42 Å². The molecule has 0 bridgehead atoms. The first-order chi connectivity index (χ1) is 7.61. The molecule has 90 valence electrons. The summed E-state index contributed by atoms with van der Waals surface area (Å²) in [6, 6.07) is 0. The van der Waals surface area contributed by atoms with Crippen LogP contribution in [0.5, 0.6) is 0 Å². The molecule has 1 heterocycles. The van der Waals surface area contributed by atoms with Crippen molar-refractivity contribution in [2.75, 3.05) is 5.75 Å². The van der Waals surface area contributed by atoms with E-state index in [1.54, 1.807) is 0 Å². The van der Waals surface area contributed by atoms with Gasteiger partial charge in [0.05, 0.1) is 5.75 Å². The van der Waals surface area contributed by atoms with Crippen LogP contribution in [0.15, 0.2) is 11.6 Å². The fourth-order valence-electron chi connectivity index (χ4n) is 2.52. The average molecular weight is 242 g/mol. The number of carbonyl (C=O) groups is 1. The molecule has 4 heteroatoms. The molecule has 1 unspecified atom stereocenters. The summed E-state index contributed by atoms with van der Waals surface area (Å²) in [4.78, 5) is 12.1. The maximum atomic E-state index is 12.1. The van der Waals surface area contributed by atoms with Gasteiger partial charge in [0.25, 0.3) is 0 Å². The van der Waals surface area contributed by atoms with E-state index in [2.05, 4.69) is 0 Å². The molecule has 1 fully saturated rings. The summed E-state index contributed by atoms with van der Waals surface area (Å²) < 4.78 is 23.6. The Morgan fingerprint density at radius 1 is 1.19 bits per heavy atom. The highest BCUT2D eigenvalue weighted by molar-refractivity contribution is 7.92. The highest BCUT2D eigenvalue weighted by Crippen LogP contribution is 2.26. The van der Waals surface area contributed by atoms with Crippen molar-refractivity contribution in [2.24, 2.45) is 0 Å². The molecule has 1 aliphatic carbocycles. The van der Waals surface area contributed by atoms with Gasteiger partial charge in [0.1, 0.15) is 5.25 Å². The van der Waals surface area contributed by atoms with Crippen molar-refractivity contribution in [3.63, 3.8) is 0 Å². The van der Waals surface area contributed by atoms with Gasteiger partial charge in [-0.2, -0.15) is 0 Å². The van der Waals surface area contributed by atoms with E-state index in [1.807, 2.05) is 6.08 Å². The van der Waals surface area contributed by atoms with E-state index in [9.17, 15) is 13.2 Å². The van der Waals surface area contributed by atoms with Crippen LogP contribution in [0.1, 0.15) is 44.9 Å². The van der Waals surface area contributed by atoms with Crippen molar-refractivity contribution >= 4 is 15.6 Å². The first-order valence-electron chi connectivity index (χ1n) is 6.06. The van der Waals surface area contributed by atoms with Crippen LogP contribution in [0, 0.1) is 0 Å². The first-order valence-corrected chi connectivity index (χ1v) is 7.77. The summed E-state index contributed by atoms with van der Waals surface area (Å²) >= 11 is 0. The Labute approximate surface area is 96.8 Å². The predicted octanol–water partition coefficient (Wildman–Crippen LogP) is 2.02. The standard InChI is InChI=1S/C12H18O3S/c13-12(10-6-2-1-3-7-10)11-8-4-5-9-16(11,14)15/h6,11H,1-5,7-9H2. The molecule has 2 aliphatic rings. The molecule has 1 aliphatic heterocycles. The van der Waals surface area contributed by atoms with E-state index in [4.69, 9.17) is 0 Å². The number of sulfone groups is 1. The van der Waals surface area contributed by atoms with E-state index in [-0.39, 0.29) is 11.5 Å². The molecule has 0 amide bonds. The molecule has 1 atom stereocenters. The van der Waals surface area contributed by atoms with Crippen LogP contribution in [-0.4, -0.2) is 25.2 Å². The van der Waals surface area contributed by atoms with E-state index in [0.717, 1.165) is 37.7 Å². The summed E-state index contributed by atoms with van der Waals surface area (Å²) in [5.74, 6) is 0.0795. The Kier molecular flexibility index (Phi) is 3.47. The van der Waals surface area contributed by atoms with Gasteiger partial charge in [-0.3, -0.25) is 4.79 Å². The second-order valence-corrected chi connectivity index (χ2v) is 6.99. The highest BCUT2D eigenvalue weighted by atomic mass is 32.2. The zero-order valence-electron chi connectivity index (χ0n) is 9.44. The van der Waals surface area contributed by atoms with Gasteiger partial charge in [-0.15, -0.1) is 0 Å². The van der Waals surface area contributed by atoms with E-state index in [0.29, 0.717) is 12.8 Å². The van der Waals surface area contributed by atoms with Crippen molar-refractivity contribution in [1.82, 2.24) is 0 Å². The van der Waals surface area contributed by atoms with Crippen LogP contribution in [0.4, 0.5) is 0 Å². The molecule has 0 aromatic heterocycles. The fraction of sp³-hybridized carbons (Fsp3) is 0.750. The maximum Gasteiger partial charge on any atom is 0.176 e. The minimum atomic E-state index is -3.16. The van der Waals surface area contributed by atoms with Crippen LogP contribution in [0.3, 0.4) is 0 Å². The van der Waals surface area contributed by atoms with Gasteiger partial charge >= 0.3 is 0 Å². The number of allylic oxidation sites excluding steroid dienone is 2. The summed E-state index contributed by atoms with van der Waals surface area (Å²) in [5, 5.41) is -0.731. The van der Waals surface area contributed by atoms with Crippen molar-refractivity contribution in [3.05, 3.63) is 11.6 Å². The topological polar surface area (TPSA) is 51.2 Å². The predicted molar refractivity (Wildman–Crippen MR) is 63.0 cm³/mol. The van der Waals surface area contributed by atoms with E-state index < -0.39 is 15.1 Å². The third-order valence-corrected chi connectivity index (χ3v) is 5.65. The molecule has 16 heavy (non-hydrogen) atoms. The average Bonchev–Trinajstić information content (AvgIpc) is 2.29. The molecular formula is C12H18O3S. The van der Waals surface area contributed by atoms with Gasteiger partial charge in [-0.1, -0.05) is 12.5 Å². The van der Waals surface area contributed by atoms with Crippen molar-refractivity contribution in [1.29, 1.82) is 0 Å². The van der Waals surface area contributed by atoms with Crippen LogP contribution in [0.25, 0.3) is 0 Å². The maximum absolute atomic E-state index is 12.1. The van der Waals surface area contributed by atoms with Gasteiger partial charge in [0.15, 0.2) is 15.6 Å². The van der Waals surface area contributed by atoms with Crippen LogP contribution in [-0.2, 0) is 14.6 Å². The Morgan fingerprint density at radius 3 is 2.62 bits per heavy atom. The van der Waals surface area contributed by atoms with Crippen molar-refractivity contribution in [3.8, 4) is 0 Å². The zero-order chi connectivity index (χ0) is 11.6. The third kappa shape index (κ3) is 2.37. The molecule has 2 rings (SSSR count). The Hall–Kier alpha value is -0.640. The van der Waals surface area contributed by atoms with Gasteiger partial charge < -0.3 is 0 Å². The number of hydrogen-bond donors (Lipinski definition) is 0. The number of Topliss-reactive ketones (excluding diaryl/α,β-unsaturated/α-hetero) is 1. The lowest BCUT2D eigenvalue weighted by Crippen LogP contribution is -2.36. The fourth-order valence-corrected chi connectivity index (χ4v) is 4.41. The molecular weight excluding hydrogens is 224 g/mol.